The van der Waals surface area contributed by atoms with E-state index in [0.29, 0.717) is 17.9 Å². The van der Waals surface area contributed by atoms with Crippen LogP contribution >= 0.6 is 0 Å². The van der Waals surface area contributed by atoms with Crippen LogP contribution in [-0.2, 0) is 32.6 Å². The van der Waals surface area contributed by atoms with Crippen molar-refractivity contribution in [3.8, 4) is 5.75 Å². The van der Waals surface area contributed by atoms with E-state index in [4.69, 9.17) is 4.74 Å². The van der Waals surface area contributed by atoms with E-state index in [2.05, 4.69) is 5.32 Å². The maximum Gasteiger partial charge on any atom is 0.243 e. The Bertz CT molecular complexity index is 1430. The number of sulfonamides is 1. The van der Waals surface area contributed by atoms with Crippen molar-refractivity contribution in [1.29, 1.82) is 0 Å². The van der Waals surface area contributed by atoms with Crippen LogP contribution in [0.25, 0.3) is 0 Å². The molecule has 0 fully saturated rings. The topological polar surface area (TPSA) is 96.0 Å². The molecule has 0 aliphatic rings. The van der Waals surface area contributed by atoms with Crippen molar-refractivity contribution >= 4 is 27.5 Å². The first kappa shape index (κ1) is 32.7. The predicted molar refractivity (Wildman–Crippen MR) is 168 cm³/mol. The van der Waals surface area contributed by atoms with E-state index in [1.807, 2.05) is 75.4 Å². The SMILES string of the molecule is CC[C@H](C)NC(=O)[C@@H](Cc1ccccc1)N(Cc1ccccc1C)C(=O)CCCN(c1cccc(OC)c1)S(C)(=O)=O. The zero-order valence-corrected chi connectivity index (χ0v) is 26.1. The van der Waals surface area contributed by atoms with E-state index in [0.717, 1.165) is 29.4 Å². The summed E-state index contributed by atoms with van der Waals surface area (Å²) >= 11 is 0. The number of methoxy groups -OCH3 is 1. The molecule has 226 valence electrons. The van der Waals surface area contributed by atoms with Crippen LogP contribution in [0.15, 0.2) is 78.9 Å². The molecule has 8 nitrogen and oxygen atoms in total. The number of benzene rings is 3. The van der Waals surface area contributed by atoms with E-state index in [1.165, 1.54) is 11.4 Å². The second-order valence-corrected chi connectivity index (χ2v) is 12.5. The number of nitrogens with zero attached hydrogens (tertiary/aromatic N) is 2. The lowest BCUT2D eigenvalue weighted by Crippen LogP contribution is -2.52. The van der Waals surface area contributed by atoms with E-state index >= 15 is 0 Å². The standard InChI is InChI=1S/C33H43N3O5S/c1-6-26(3)34-33(38)31(22-27-15-8-7-9-16-27)35(24-28-17-11-10-14-25(28)2)32(37)20-13-21-36(42(5,39)40)29-18-12-19-30(23-29)41-4/h7-12,14-19,23,26,31H,6,13,20-22,24H2,1-5H3,(H,34,38)/t26-,31+/m0/s1. The van der Waals surface area contributed by atoms with Crippen molar-refractivity contribution in [1.82, 2.24) is 10.2 Å². The minimum atomic E-state index is -3.61. The fourth-order valence-corrected chi connectivity index (χ4v) is 5.69. The zero-order chi connectivity index (χ0) is 30.7. The Hall–Kier alpha value is -3.85. The van der Waals surface area contributed by atoms with Gasteiger partial charge in [-0.15, -0.1) is 0 Å². The van der Waals surface area contributed by atoms with Gasteiger partial charge in [0.05, 0.1) is 19.1 Å². The lowest BCUT2D eigenvalue weighted by atomic mass is 10.0. The van der Waals surface area contributed by atoms with Crippen molar-refractivity contribution in [3.63, 3.8) is 0 Å². The number of rotatable bonds is 15. The molecule has 9 heteroatoms. The molecule has 0 unspecified atom stereocenters. The van der Waals surface area contributed by atoms with Gasteiger partial charge in [0.15, 0.2) is 0 Å². The molecular weight excluding hydrogens is 550 g/mol. The third-order valence-electron chi connectivity index (χ3n) is 7.37. The molecule has 0 aliphatic heterocycles. The number of hydrogen-bond donors (Lipinski definition) is 1. The van der Waals surface area contributed by atoms with Gasteiger partial charge in [0.1, 0.15) is 11.8 Å². The van der Waals surface area contributed by atoms with Gasteiger partial charge in [0, 0.05) is 38.0 Å². The second kappa shape index (κ2) is 15.4. The van der Waals surface area contributed by atoms with E-state index < -0.39 is 16.1 Å². The monoisotopic (exact) mass is 593 g/mol. The van der Waals surface area contributed by atoms with Crippen LogP contribution in [-0.4, -0.2) is 57.1 Å². The Morgan fingerprint density at radius 3 is 2.31 bits per heavy atom. The molecule has 0 saturated heterocycles. The van der Waals surface area contributed by atoms with E-state index in [-0.39, 0.29) is 43.8 Å². The summed E-state index contributed by atoms with van der Waals surface area (Å²) < 4.78 is 31.9. The summed E-state index contributed by atoms with van der Waals surface area (Å²) in [5.74, 6) is 0.125. The summed E-state index contributed by atoms with van der Waals surface area (Å²) in [5.41, 5.74) is 3.40. The Kier molecular flexibility index (Phi) is 12.0. The molecular formula is C33H43N3O5S. The van der Waals surface area contributed by atoms with Crippen LogP contribution in [0, 0.1) is 6.92 Å². The number of aryl methyl sites for hydroxylation is 1. The molecule has 2 atom stereocenters. The quantitative estimate of drug-likeness (QED) is 0.264. The molecule has 0 radical (unpaired) electrons. The molecule has 2 amide bonds. The van der Waals surface area contributed by atoms with Gasteiger partial charge in [0.25, 0.3) is 0 Å². The van der Waals surface area contributed by atoms with Gasteiger partial charge in [-0.1, -0.05) is 67.6 Å². The molecule has 3 rings (SSSR count). The number of ether oxygens (including phenoxy) is 1. The third kappa shape index (κ3) is 9.34. The summed E-state index contributed by atoms with van der Waals surface area (Å²) in [6.07, 6.45) is 2.62. The zero-order valence-electron chi connectivity index (χ0n) is 25.2. The maximum absolute atomic E-state index is 14.0. The summed E-state index contributed by atoms with van der Waals surface area (Å²) in [7, 11) is -2.09. The average Bonchev–Trinajstić information content (AvgIpc) is 2.97. The normalized spacial score (nSPS) is 12.7. The van der Waals surface area contributed by atoms with Crippen LogP contribution < -0.4 is 14.4 Å². The van der Waals surface area contributed by atoms with Gasteiger partial charge < -0.3 is 15.0 Å². The maximum atomic E-state index is 14.0. The van der Waals surface area contributed by atoms with Gasteiger partial charge in [-0.25, -0.2) is 8.42 Å². The lowest BCUT2D eigenvalue weighted by molar-refractivity contribution is -0.141. The lowest BCUT2D eigenvalue weighted by Gasteiger charge is -2.33. The number of carbonyl (C=O) groups is 2. The summed E-state index contributed by atoms with van der Waals surface area (Å²) in [5, 5.41) is 3.08. The van der Waals surface area contributed by atoms with Crippen molar-refractivity contribution in [3.05, 3.63) is 95.6 Å². The van der Waals surface area contributed by atoms with Crippen molar-refractivity contribution in [2.45, 2.75) is 65.1 Å². The molecule has 0 heterocycles. The fraction of sp³-hybridized carbons (Fsp3) is 0.394. The van der Waals surface area contributed by atoms with Gasteiger partial charge in [-0.3, -0.25) is 13.9 Å². The Labute approximate surface area is 250 Å². The molecule has 0 saturated carbocycles. The third-order valence-corrected chi connectivity index (χ3v) is 8.56. The first-order chi connectivity index (χ1) is 20.0. The van der Waals surface area contributed by atoms with Gasteiger partial charge in [0.2, 0.25) is 21.8 Å². The highest BCUT2D eigenvalue weighted by atomic mass is 32.2. The molecule has 42 heavy (non-hydrogen) atoms. The molecule has 0 spiro atoms. The molecule has 0 aliphatic carbocycles. The highest BCUT2D eigenvalue weighted by Crippen LogP contribution is 2.24. The van der Waals surface area contributed by atoms with E-state index in [9.17, 15) is 18.0 Å². The van der Waals surface area contributed by atoms with Crippen LogP contribution in [0.3, 0.4) is 0 Å². The van der Waals surface area contributed by atoms with Crippen molar-refractivity contribution in [2.75, 3.05) is 24.2 Å². The molecule has 0 bridgehead atoms. The number of amides is 2. The highest BCUT2D eigenvalue weighted by Gasteiger charge is 2.31. The fourth-order valence-electron chi connectivity index (χ4n) is 4.74. The first-order valence-electron chi connectivity index (χ1n) is 14.3. The Balaban J connectivity index is 1.90. The summed E-state index contributed by atoms with van der Waals surface area (Å²) in [4.78, 5) is 29.3. The minimum Gasteiger partial charge on any atom is -0.497 e. The van der Waals surface area contributed by atoms with Crippen LogP contribution in [0.2, 0.25) is 0 Å². The number of hydrogen-bond acceptors (Lipinski definition) is 5. The van der Waals surface area contributed by atoms with Gasteiger partial charge in [-0.2, -0.15) is 0 Å². The predicted octanol–water partition coefficient (Wildman–Crippen LogP) is 5.10. The van der Waals surface area contributed by atoms with Crippen LogP contribution in [0.4, 0.5) is 5.69 Å². The summed E-state index contributed by atoms with van der Waals surface area (Å²) in [6, 6.07) is 23.5. The first-order valence-corrected chi connectivity index (χ1v) is 16.2. The van der Waals surface area contributed by atoms with Gasteiger partial charge >= 0.3 is 0 Å². The Morgan fingerprint density at radius 1 is 0.976 bits per heavy atom. The molecule has 3 aromatic carbocycles. The average molecular weight is 594 g/mol. The highest BCUT2D eigenvalue weighted by molar-refractivity contribution is 7.92. The van der Waals surface area contributed by atoms with Crippen LogP contribution in [0.1, 0.15) is 49.8 Å². The molecule has 3 aromatic rings. The second-order valence-electron chi connectivity index (χ2n) is 10.6. The minimum absolute atomic E-state index is 0.0441. The largest absolute Gasteiger partial charge is 0.497 e. The Morgan fingerprint density at radius 2 is 1.67 bits per heavy atom. The van der Waals surface area contributed by atoms with Gasteiger partial charge in [-0.05, 0) is 55.5 Å². The molecule has 1 N–H and O–H groups in total. The molecule has 0 aromatic heterocycles. The number of anilines is 1. The number of nitrogens with one attached hydrogen (secondary N) is 1. The number of carbonyl (C=O) groups excluding carboxylic acids is 2. The van der Waals surface area contributed by atoms with Crippen LogP contribution in [0.5, 0.6) is 5.75 Å². The smallest absolute Gasteiger partial charge is 0.243 e. The van der Waals surface area contributed by atoms with Crippen molar-refractivity contribution < 1.29 is 22.7 Å². The van der Waals surface area contributed by atoms with Crippen molar-refractivity contribution in [2.24, 2.45) is 0 Å². The summed E-state index contributed by atoms with van der Waals surface area (Å²) in [6.45, 7) is 6.31. The van der Waals surface area contributed by atoms with E-state index in [1.54, 1.807) is 29.2 Å².